The normalized spacial score (nSPS) is 18.5. The minimum atomic E-state index is 0. The maximum Gasteiger partial charge on any atom is 0.193 e. The Labute approximate surface area is 174 Å². The topological polar surface area (TPSA) is 55.3 Å². The summed E-state index contributed by atoms with van der Waals surface area (Å²) in [6.07, 6.45) is 1.13. The van der Waals surface area contributed by atoms with E-state index in [0.29, 0.717) is 25.7 Å². The molecule has 1 aromatic rings. The molecule has 0 amide bonds. The Bertz CT molecular complexity index is 516. The first kappa shape index (κ1) is 23.1. The van der Waals surface area contributed by atoms with Gasteiger partial charge in [0.05, 0.1) is 25.9 Å². The molecule has 0 bridgehead atoms. The Kier molecular flexibility index (Phi) is 11.8. The first-order valence-corrected chi connectivity index (χ1v) is 8.88. The maximum atomic E-state index is 5.66. The van der Waals surface area contributed by atoms with Gasteiger partial charge in [0.2, 0.25) is 0 Å². The lowest BCUT2D eigenvalue weighted by Gasteiger charge is -2.24. The van der Waals surface area contributed by atoms with Crippen molar-refractivity contribution in [3.05, 3.63) is 35.9 Å². The Morgan fingerprint density at radius 2 is 2.04 bits per heavy atom. The number of likely N-dealkylation sites (tertiary alicyclic amines) is 1. The monoisotopic (exact) mass is 477 g/mol. The zero-order valence-corrected chi connectivity index (χ0v) is 18.3. The van der Waals surface area contributed by atoms with Crippen molar-refractivity contribution < 1.29 is 14.2 Å². The van der Waals surface area contributed by atoms with Gasteiger partial charge in [-0.15, -0.1) is 24.0 Å². The smallest absolute Gasteiger partial charge is 0.193 e. The number of halogens is 1. The van der Waals surface area contributed by atoms with Gasteiger partial charge in [-0.25, -0.2) is 0 Å². The van der Waals surface area contributed by atoms with Crippen molar-refractivity contribution in [2.24, 2.45) is 10.9 Å². The fraction of sp³-hybridized carbons (Fsp3) is 0.632. The molecule has 1 heterocycles. The van der Waals surface area contributed by atoms with E-state index in [1.807, 2.05) is 25.2 Å². The number of nitrogens with one attached hydrogen (secondary N) is 1. The van der Waals surface area contributed by atoms with Crippen LogP contribution in [0.15, 0.2) is 35.3 Å². The van der Waals surface area contributed by atoms with E-state index < -0.39 is 0 Å². The van der Waals surface area contributed by atoms with Crippen LogP contribution in [-0.4, -0.2) is 71.6 Å². The third-order valence-electron chi connectivity index (χ3n) is 4.48. The molecule has 2 atom stereocenters. The second-order valence-corrected chi connectivity index (χ2v) is 6.23. The van der Waals surface area contributed by atoms with E-state index in [1.165, 1.54) is 5.56 Å². The van der Waals surface area contributed by atoms with Crippen molar-refractivity contribution >= 4 is 29.9 Å². The lowest BCUT2D eigenvalue weighted by molar-refractivity contribution is 0.0536. The molecule has 1 N–H and O–H groups in total. The molecule has 7 heteroatoms. The highest BCUT2D eigenvalue weighted by Gasteiger charge is 2.25. The highest BCUT2D eigenvalue weighted by Crippen LogP contribution is 2.18. The lowest BCUT2D eigenvalue weighted by Crippen LogP contribution is -2.42. The summed E-state index contributed by atoms with van der Waals surface area (Å²) in [4.78, 5) is 6.72. The largest absolute Gasteiger partial charge is 0.382 e. The molecular weight excluding hydrogens is 445 g/mol. The van der Waals surface area contributed by atoms with Gasteiger partial charge in [-0.05, 0) is 12.0 Å². The second kappa shape index (κ2) is 13.3. The van der Waals surface area contributed by atoms with Crippen LogP contribution in [0.25, 0.3) is 0 Å². The Hall–Kier alpha value is -0.900. The predicted molar refractivity (Wildman–Crippen MR) is 115 cm³/mol. The van der Waals surface area contributed by atoms with Crippen molar-refractivity contribution in [3.8, 4) is 0 Å². The molecule has 1 aromatic carbocycles. The second-order valence-electron chi connectivity index (χ2n) is 6.23. The lowest BCUT2D eigenvalue weighted by atomic mass is 10.1. The van der Waals surface area contributed by atoms with Crippen LogP contribution in [0.2, 0.25) is 0 Å². The van der Waals surface area contributed by atoms with Crippen LogP contribution >= 0.6 is 24.0 Å². The van der Waals surface area contributed by atoms with Gasteiger partial charge in [-0.3, -0.25) is 4.99 Å². The zero-order valence-electron chi connectivity index (χ0n) is 16.0. The number of benzene rings is 1. The summed E-state index contributed by atoms with van der Waals surface area (Å²) in [7, 11) is 5.26. The van der Waals surface area contributed by atoms with Crippen molar-refractivity contribution in [1.82, 2.24) is 10.2 Å². The van der Waals surface area contributed by atoms with Gasteiger partial charge in [0.25, 0.3) is 0 Å². The van der Waals surface area contributed by atoms with Gasteiger partial charge < -0.3 is 24.4 Å². The molecule has 1 saturated heterocycles. The Morgan fingerprint density at radius 3 is 2.69 bits per heavy atom. The minimum absolute atomic E-state index is 0. The summed E-state index contributed by atoms with van der Waals surface area (Å²) in [6, 6.07) is 10.3. The molecule has 1 aliphatic rings. The average Bonchev–Trinajstić information content (AvgIpc) is 3.12. The van der Waals surface area contributed by atoms with E-state index in [2.05, 4.69) is 27.3 Å². The SMILES string of the molecule is CN=C(NCC(OC)c1ccccc1)N1CCC(COCCOC)C1.I. The fourth-order valence-electron chi connectivity index (χ4n) is 3.07. The first-order valence-electron chi connectivity index (χ1n) is 8.88. The van der Waals surface area contributed by atoms with Gasteiger partial charge in [0.1, 0.15) is 0 Å². The molecule has 1 aliphatic heterocycles. The van der Waals surface area contributed by atoms with E-state index in [-0.39, 0.29) is 30.1 Å². The molecule has 0 aliphatic carbocycles. The van der Waals surface area contributed by atoms with E-state index in [1.54, 1.807) is 14.2 Å². The molecule has 0 radical (unpaired) electrons. The number of hydrogen-bond acceptors (Lipinski definition) is 4. The average molecular weight is 477 g/mol. The van der Waals surface area contributed by atoms with Crippen LogP contribution in [0.5, 0.6) is 0 Å². The third kappa shape index (κ3) is 7.38. The van der Waals surface area contributed by atoms with Gasteiger partial charge >= 0.3 is 0 Å². The predicted octanol–water partition coefficient (Wildman–Crippen LogP) is 2.55. The number of hydrogen-bond donors (Lipinski definition) is 1. The number of rotatable bonds is 9. The van der Waals surface area contributed by atoms with Crippen LogP contribution in [0, 0.1) is 5.92 Å². The third-order valence-corrected chi connectivity index (χ3v) is 4.48. The van der Waals surface area contributed by atoms with Gasteiger partial charge in [-0.1, -0.05) is 30.3 Å². The van der Waals surface area contributed by atoms with Crippen molar-refractivity contribution in [3.63, 3.8) is 0 Å². The molecule has 0 aromatic heterocycles. The summed E-state index contributed by atoms with van der Waals surface area (Å²) in [5, 5.41) is 3.45. The standard InChI is InChI=1S/C19H31N3O3.HI/c1-20-19(21-13-18(24-3)17-7-5-4-6-8-17)22-10-9-16(14-22)15-25-12-11-23-2;/h4-8,16,18H,9-15H2,1-3H3,(H,20,21);1H. The number of aliphatic imine (C=N–C) groups is 1. The molecule has 2 unspecified atom stereocenters. The van der Waals surface area contributed by atoms with Crippen LogP contribution in [0.4, 0.5) is 0 Å². The summed E-state index contributed by atoms with van der Waals surface area (Å²) in [5.41, 5.74) is 1.17. The van der Waals surface area contributed by atoms with Crippen LogP contribution in [0.3, 0.4) is 0 Å². The summed E-state index contributed by atoms with van der Waals surface area (Å²) in [5.74, 6) is 1.47. The van der Waals surface area contributed by atoms with Crippen molar-refractivity contribution in [1.29, 1.82) is 0 Å². The van der Waals surface area contributed by atoms with E-state index in [4.69, 9.17) is 14.2 Å². The van der Waals surface area contributed by atoms with Gasteiger partial charge in [0, 0.05) is 46.8 Å². The molecule has 6 nitrogen and oxygen atoms in total. The quantitative estimate of drug-likeness (QED) is 0.257. The maximum absolute atomic E-state index is 5.66. The van der Waals surface area contributed by atoms with Crippen molar-refractivity contribution in [2.45, 2.75) is 12.5 Å². The van der Waals surface area contributed by atoms with Gasteiger partial charge in [-0.2, -0.15) is 0 Å². The van der Waals surface area contributed by atoms with E-state index >= 15 is 0 Å². The zero-order chi connectivity index (χ0) is 17.9. The fourth-order valence-corrected chi connectivity index (χ4v) is 3.07. The Morgan fingerprint density at radius 1 is 1.27 bits per heavy atom. The molecular formula is C19H32IN3O3. The van der Waals surface area contributed by atoms with Crippen LogP contribution in [-0.2, 0) is 14.2 Å². The van der Waals surface area contributed by atoms with E-state index in [9.17, 15) is 0 Å². The highest BCUT2D eigenvalue weighted by atomic mass is 127. The minimum Gasteiger partial charge on any atom is -0.382 e. The molecule has 148 valence electrons. The molecule has 0 saturated carbocycles. The number of guanidine groups is 1. The molecule has 1 fully saturated rings. The van der Waals surface area contributed by atoms with Crippen LogP contribution in [0.1, 0.15) is 18.1 Å². The van der Waals surface area contributed by atoms with Gasteiger partial charge in [0.15, 0.2) is 5.96 Å². The van der Waals surface area contributed by atoms with Crippen molar-refractivity contribution in [2.75, 3.05) is 60.7 Å². The van der Waals surface area contributed by atoms with E-state index in [0.717, 1.165) is 32.1 Å². The molecule has 2 rings (SSSR count). The Balaban J connectivity index is 0.00000338. The highest BCUT2D eigenvalue weighted by molar-refractivity contribution is 14.0. The number of nitrogens with zero attached hydrogens (tertiary/aromatic N) is 2. The van der Waals surface area contributed by atoms with Crippen LogP contribution < -0.4 is 5.32 Å². The first-order chi connectivity index (χ1) is 12.3. The summed E-state index contributed by atoms with van der Waals surface area (Å²) >= 11 is 0. The number of methoxy groups -OCH3 is 2. The summed E-state index contributed by atoms with van der Waals surface area (Å²) in [6.45, 7) is 4.75. The number of ether oxygens (including phenoxy) is 3. The molecule has 26 heavy (non-hydrogen) atoms. The molecule has 0 spiro atoms. The summed E-state index contributed by atoms with van der Waals surface area (Å²) < 4.78 is 16.3.